The van der Waals surface area contributed by atoms with Gasteiger partial charge in [-0.15, -0.1) is 11.8 Å². The van der Waals surface area contributed by atoms with Gasteiger partial charge in [0.05, 0.1) is 29.2 Å². The molecule has 39 heavy (non-hydrogen) atoms. The number of unbranched alkanes of at least 4 members (excludes halogenated alkanes) is 2. The Kier molecular flexibility index (Phi) is 7.98. The quantitative estimate of drug-likeness (QED) is 0.375. The van der Waals surface area contributed by atoms with E-state index in [1.807, 2.05) is 59.2 Å². The molecule has 7 nitrogen and oxygen atoms in total. The molecule has 4 aliphatic rings. The summed E-state index contributed by atoms with van der Waals surface area (Å²) in [5.74, 6) is -1.58. The second-order valence-corrected chi connectivity index (χ2v) is 13.3. The fourth-order valence-electron chi connectivity index (χ4n) is 7.06. The normalized spacial score (nSPS) is 32.7. The van der Waals surface area contributed by atoms with Crippen molar-refractivity contribution in [3.63, 3.8) is 0 Å². The Morgan fingerprint density at radius 1 is 0.949 bits per heavy atom. The number of nitrogens with zero attached hydrogens (tertiary/aromatic N) is 3. The van der Waals surface area contributed by atoms with Gasteiger partial charge < -0.3 is 19.8 Å². The van der Waals surface area contributed by atoms with E-state index in [4.69, 9.17) is 0 Å². The van der Waals surface area contributed by atoms with E-state index in [0.29, 0.717) is 32.6 Å². The molecular weight excluding hydrogens is 510 g/mol. The van der Waals surface area contributed by atoms with Crippen LogP contribution < -0.4 is 0 Å². The van der Waals surface area contributed by atoms with Crippen molar-refractivity contribution >= 4 is 29.5 Å². The van der Waals surface area contributed by atoms with Crippen LogP contribution in [0.25, 0.3) is 0 Å². The Morgan fingerprint density at radius 3 is 2.36 bits per heavy atom. The van der Waals surface area contributed by atoms with Gasteiger partial charge in [0, 0.05) is 30.9 Å². The molecule has 1 unspecified atom stereocenters. The number of amides is 3. The second-order valence-electron chi connectivity index (χ2n) is 11.5. The zero-order valence-corrected chi connectivity index (χ0v) is 24.1. The topological polar surface area (TPSA) is 81.2 Å². The number of carbonyl (C=O) groups is 3. The zero-order chi connectivity index (χ0) is 27.8. The van der Waals surface area contributed by atoms with Gasteiger partial charge in [-0.25, -0.2) is 0 Å². The summed E-state index contributed by atoms with van der Waals surface area (Å²) in [5.41, 5.74) is 1.04. The van der Waals surface area contributed by atoms with Gasteiger partial charge in [0.15, 0.2) is 0 Å². The molecule has 2 saturated heterocycles. The van der Waals surface area contributed by atoms with Crippen LogP contribution in [0.5, 0.6) is 0 Å². The molecule has 1 aromatic rings. The number of thioether (sulfide) groups is 1. The van der Waals surface area contributed by atoms with Crippen molar-refractivity contribution in [3.05, 3.63) is 60.2 Å². The molecule has 210 valence electrons. The molecule has 2 fully saturated rings. The Hall–Kier alpha value is -2.58. The van der Waals surface area contributed by atoms with Crippen LogP contribution >= 0.6 is 11.8 Å². The third kappa shape index (κ3) is 4.63. The first-order valence-corrected chi connectivity index (χ1v) is 15.2. The van der Waals surface area contributed by atoms with Gasteiger partial charge in [-0.05, 0) is 25.3 Å². The predicted molar refractivity (Wildman–Crippen MR) is 154 cm³/mol. The molecule has 0 bridgehead atoms. The molecule has 0 aliphatic carbocycles. The van der Waals surface area contributed by atoms with Gasteiger partial charge in [-0.3, -0.25) is 14.4 Å². The minimum atomic E-state index is -0.870. The molecule has 3 amide bonds. The fourth-order valence-corrected chi connectivity index (χ4v) is 9.21. The molecule has 1 aromatic carbocycles. The minimum Gasteiger partial charge on any atom is -0.394 e. The van der Waals surface area contributed by atoms with Crippen LogP contribution in [0.3, 0.4) is 0 Å². The maximum Gasteiger partial charge on any atom is 0.247 e. The summed E-state index contributed by atoms with van der Waals surface area (Å²) in [5, 5.41) is 10.3. The highest BCUT2D eigenvalue weighted by atomic mass is 32.2. The summed E-state index contributed by atoms with van der Waals surface area (Å²) in [6.45, 7) is 8.00. The van der Waals surface area contributed by atoms with Gasteiger partial charge in [0.2, 0.25) is 17.7 Å². The van der Waals surface area contributed by atoms with Crippen LogP contribution in [0.1, 0.15) is 52.0 Å². The van der Waals surface area contributed by atoms with Crippen molar-refractivity contribution in [2.75, 3.05) is 26.2 Å². The van der Waals surface area contributed by atoms with Crippen molar-refractivity contribution in [2.45, 2.75) is 74.6 Å². The Bertz CT molecular complexity index is 1150. The van der Waals surface area contributed by atoms with E-state index in [0.717, 1.165) is 24.8 Å². The molecule has 4 heterocycles. The third-order valence-electron chi connectivity index (χ3n) is 8.98. The minimum absolute atomic E-state index is 0.0448. The van der Waals surface area contributed by atoms with Crippen LogP contribution in [-0.2, 0) is 20.9 Å². The number of aliphatic hydroxyl groups excluding tert-OH is 1. The first-order valence-electron chi connectivity index (χ1n) is 14.4. The highest BCUT2D eigenvalue weighted by Gasteiger charge is 2.74. The first kappa shape index (κ1) is 28.0. The first-order chi connectivity index (χ1) is 18.8. The third-order valence-corrected chi connectivity index (χ3v) is 10.8. The van der Waals surface area contributed by atoms with E-state index in [-0.39, 0.29) is 24.3 Å². The van der Waals surface area contributed by atoms with E-state index in [2.05, 4.69) is 26.0 Å². The summed E-state index contributed by atoms with van der Waals surface area (Å²) in [6, 6.07) is 8.70. The maximum absolute atomic E-state index is 14.5. The number of hydrogen-bond acceptors (Lipinski definition) is 5. The Labute approximate surface area is 236 Å². The number of fused-ring (bicyclic) bond motifs is 2. The van der Waals surface area contributed by atoms with Gasteiger partial charge in [-0.2, -0.15) is 0 Å². The van der Waals surface area contributed by atoms with Gasteiger partial charge >= 0.3 is 0 Å². The number of rotatable bonds is 9. The van der Waals surface area contributed by atoms with E-state index in [1.165, 1.54) is 0 Å². The molecule has 5 rings (SSSR count). The van der Waals surface area contributed by atoms with Crippen molar-refractivity contribution in [1.82, 2.24) is 14.7 Å². The van der Waals surface area contributed by atoms with Crippen LogP contribution in [-0.4, -0.2) is 85.3 Å². The van der Waals surface area contributed by atoms with E-state index >= 15 is 0 Å². The predicted octanol–water partition coefficient (Wildman–Crippen LogP) is 3.63. The van der Waals surface area contributed by atoms with Crippen molar-refractivity contribution < 1.29 is 19.5 Å². The van der Waals surface area contributed by atoms with E-state index in [9.17, 15) is 19.5 Å². The number of carbonyl (C=O) groups excluding carboxylic acids is 3. The molecule has 1 spiro atoms. The van der Waals surface area contributed by atoms with Gasteiger partial charge in [0.1, 0.15) is 6.04 Å². The van der Waals surface area contributed by atoms with E-state index < -0.39 is 33.4 Å². The van der Waals surface area contributed by atoms with E-state index in [1.54, 1.807) is 16.7 Å². The van der Waals surface area contributed by atoms with Crippen LogP contribution in [0, 0.1) is 11.8 Å². The summed E-state index contributed by atoms with van der Waals surface area (Å²) >= 11 is 1.60. The molecule has 1 N–H and O–H groups in total. The largest absolute Gasteiger partial charge is 0.394 e. The average molecular weight is 552 g/mol. The second kappa shape index (κ2) is 11.1. The summed E-state index contributed by atoms with van der Waals surface area (Å²) in [7, 11) is 0. The molecule has 0 aromatic heterocycles. The lowest BCUT2D eigenvalue weighted by molar-refractivity contribution is -0.147. The molecule has 6 atom stereocenters. The van der Waals surface area contributed by atoms with Crippen LogP contribution in [0.15, 0.2) is 54.6 Å². The van der Waals surface area contributed by atoms with Crippen LogP contribution in [0.4, 0.5) is 0 Å². The summed E-state index contributed by atoms with van der Waals surface area (Å²) in [6.07, 6.45) is 11.8. The molecule has 0 saturated carbocycles. The summed E-state index contributed by atoms with van der Waals surface area (Å²) < 4.78 is -1.50. The standard InChI is InChI=1S/C31H41N3O4S/c1-4-6-10-17-32-18-12-16-31-25(28(37)34(23(5-2)21-35)26(31)29(32)38)24-27(36)33(19-11-15-30(24,3)39-31)20-22-13-8-7-9-14-22/h7-9,11-16,23-26,35H,4-6,10,17-21H2,1-3H3/t23-,24+,25-,26?,30-,31-/m0/s1. The zero-order valence-electron chi connectivity index (χ0n) is 23.3. The van der Waals surface area contributed by atoms with Crippen molar-refractivity contribution in [3.8, 4) is 0 Å². The SMILES string of the molecule is CCCCCN1CC=C[C@]23S[C@@]4(C)C=CCN(Cc5ccccc5)C(=O)[C@H]4[C@H]2C(=O)N([C@@H](CC)CO)C3C1=O. The average Bonchev–Trinajstić information content (AvgIpc) is 3.21. The van der Waals surface area contributed by atoms with Crippen molar-refractivity contribution in [1.29, 1.82) is 0 Å². The number of benzene rings is 1. The fraction of sp³-hybridized carbons (Fsp3) is 0.581. The van der Waals surface area contributed by atoms with Gasteiger partial charge in [-0.1, -0.05) is 81.3 Å². The monoisotopic (exact) mass is 551 g/mol. The molecule has 0 radical (unpaired) electrons. The number of aliphatic hydroxyl groups is 1. The molecule has 4 aliphatic heterocycles. The lowest BCUT2D eigenvalue weighted by atomic mass is 9.74. The van der Waals surface area contributed by atoms with Gasteiger partial charge in [0.25, 0.3) is 0 Å². The lowest BCUT2D eigenvalue weighted by Gasteiger charge is -2.39. The number of hydrogen-bond donors (Lipinski definition) is 1. The highest BCUT2D eigenvalue weighted by molar-refractivity contribution is 8.02. The number of likely N-dealkylation sites (tertiary alicyclic amines) is 1. The molecular formula is C31H41N3O4S. The lowest BCUT2D eigenvalue weighted by Crippen LogP contribution is -2.56. The Balaban J connectivity index is 1.57. The van der Waals surface area contributed by atoms with Crippen LogP contribution in [0.2, 0.25) is 0 Å². The maximum atomic E-state index is 14.5. The highest BCUT2D eigenvalue weighted by Crippen LogP contribution is 2.65. The Morgan fingerprint density at radius 2 is 1.67 bits per heavy atom. The smallest absolute Gasteiger partial charge is 0.247 e. The molecule has 8 heteroatoms. The van der Waals surface area contributed by atoms with Crippen molar-refractivity contribution in [2.24, 2.45) is 11.8 Å². The summed E-state index contributed by atoms with van der Waals surface area (Å²) in [4.78, 5) is 48.5.